The van der Waals surface area contributed by atoms with Crippen LogP contribution in [0.3, 0.4) is 0 Å². The van der Waals surface area contributed by atoms with Crippen molar-refractivity contribution in [3.63, 3.8) is 0 Å². The summed E-state index contributed by atoms with van der Waals surface area (Å²) < 4.78 is 0. The molecule has 1 aromatic carbocycles. The number of carbonyl (C=O) groups excluding carboxylic acids is 1. The summed E-state index contributed by atoms with van der Waals surface area (Å²) >= 11 is 0. The van der Waals surface area contributed by atoms with Crippen LogP contribution in [0.1, 0.15) is 53.9 Å². The highest BCUT2D eigenvalue weighted by Gasteiger charge is 2.29. The van der Waals surface area contributed by atoms with Gasteiger partial charge in [-0.15, -0.1) is 0 Å². The molecule has 0 bridgehead atoms. The molecular weight excluding hydrogens is 326 g/mol. The molecule has 0 unspecified atom stereocenters. The smallest absolute Gasteiger partial charge is 0.253 e. The number of likely N-dealkylation sites (tertiary alicyclic amines) is 2. The third kappa shape index (κ3) is 3.95. The molecule has 1 amide bonds. The Morgan fingerprint density at radius 1 is 0.962 bits per heavy atom. The Morgan fingerprint density at radius 3 is 2.27 bits per heavy atom. The van der Waals surface area contributed by atoms with Gasteiger partial charge in [0.05, 0.1) is 6.10 Å². The van der Waals surface area contributed by atoms with E-state index in [1.54, 1.807) is 0 Å². The molecule has 2 N–H and O–H groups in total. The van der Waals surface area contributed by atoms with E-state index in [4.69, 9.17) is 0 Å². The fourth-order valence-corrected chi connectivity index (χ4v) is 4.70. The van der Waals surface area contributed by atoms with Gasteiger partial charge < -0.3 is 20.2 Å². The first-order valence-corrected chi connectivity index (χ1v) is 10.2. The number of hydrogen-bond donors (Lipinski definition) is 2. The molecule has 142 valence electrons. The van der Waals surface area contributed by atoms with Crippen molar-refractivity contribution in [2.24, 2.45) is 0 Å². The lowest BCUT2D eigenvalue weighted by atomic mass is 9.96. The summed E-state index contributed by atoms with van der Waals surface area (Å²) in [6.07, 6.45) is 4.95. The minimum Gasteiger partial charge on any atom is -0.393 e. The fourth-order valence-electron chi connectivity index (χ4n) is 4.70. The van der Waals surface area contributed by atoms with Crippen molar-refractivity contribution in [2.75, 3.05) is 39.3 Å². The molecule has 0 aliphatic carbocycles. The van der Waals surface area contributed by atoms with Gasteiger partial charge in [0.15, 0.2) is 0 Å². The molecule has 5 heteroatoms. The van der Waals surface area contributed by atoms with Crippen LogP contribution < -0.4 is 5.32 Å². The first-order chi connectivity index (χ1) is 12.7. The maximum atomic E-state index is 12.8. The van der Waals surface area contributed by atoms with Crippen LogP contribution in [0.4, 0.5) is 0 Å². The molecule has 4 rings (SSSR count). The third-order valence-electron chi connectivity index (χ3n) is 6.46. The average Bonchev–Trinajstić information content (AvgIpc) is 3.23. The van der Waals surface area contributed by atoms with E-state index in [0.717, 1.165) is 70.5 Å². The SMILES string of the molecule is O=C(c1ccc([C@H]2CCNC2)cc1)N1CCC(N2CCC(O)CC2)CC1. The summed E-state index contributed by atoms with van der Waals surface area (Å²) in [6.45, 7) is 5.83. The summed E-state index contributed by atoms with van der Waals surface area (Å²) in [5.74, 6) is 0.770. The number of nitrogens with zero attached hydrogens (tertiary/aromatic N) is 2. The van der Waals surface area contributed by atoms with Crippen LogP contribution in [0.5, 0.6) is 0 Å². The Morgan fingerprint density at radius 2 is 1.65 bits per heavy atom. The third-order valence-corrected chi connectivity index (χ3v) is 6.46. The van der Waals surface area contributed by atoms with E-state index in [1.807, 2.05) is 17.0 Å². The molecule has 0 saturated carbocycles. The number of aliphatic hydroxyl groups excluding tert-OH is 1. The summed E-state index contributed by atoms with van der Waals surface area (Å²) in [5, 5.41) is 13.1. The molecule has 0 spiro atoms. The van der Waals surface area contributed by atoms with Gasteiger partial charge in [0.1, 0.15) is 0 Å². The summed E-state index contributed by atoms with van der Waals surface area (Å²) in [7, 11) is 0. The molecule has 26 heavy (non-hydrogen) atoms. The number of hydrogen-bond acceptors (Lipinski definition) is 4. The van der Waals surface area contributed by atoms with E-state index in [9.17, 15) is 9.90 Å². The van der Waals surface area contributed by atoms with Crippen LogP contribution in [0, 0.1) is 0 Å². The second-order valence-electron chi connectivity index (χ2n) is 8.10. The molecular formula is C21H31N3O2. The van der Waals surface area contributed by atoms with Gasteiger partial charge in [-0.2, -0.15) is 0 Å². The van der Waals surface area contributed by atoms with Crippen molar-refractivity contribution in [2.45, 2.75) is 50.2 Å². The lowest BCUT2D eigenvalue weighted by Gasteiger charge is -2.41. The van der Waals surface area contributed by atoms with Gasteiger partial charge in [-0.05, 0) is 62.3 Å². The van der Waals surface area contributed by atoms with Gasteiger partial charge in [-0.25, -0.2) is 0 Å². The van der Waals surface area contributed by atoms with Gasteiger partial charge in [0.25, 0.3) is 5.91 Å². The van der Waals surface area contributed by atoms with Crippen LogP contribution in [0.2, 0.25) is 0 Å². The quantitative estimate of drug-likeness (QED) is 0.867. The van der Waals surface area contributed by atoms with Crippen molar-refractivity contribution in [1.82, 2.24) is 15.1 Å². The van der Waals surface area contributed by atoms with Gasteiger partial charge in [0, 0.05) is 44.3 Å². The molecule has 3 heterocycles. The molecule has 1 aromatic rings. The molecule has 3 aliphatic rings. The highest BCUT2D eigenvalue weighted by molar-refractivity contribution is 5.94. The number of benzene rings is 1. The second kappa shape index (κ2) is 8.07. The van der Waals surface area contributed by atoms with Crippen molar-refractivity contribution < 1.29 is 9.90 Å². The topological polar surface area (TPSA) is 55.8 Å². The number of rotatable bonds is 3. The van der Waals surface area contributed by atoms with Crippen LogP contribution in [-0.4, -0.2) is 72.2 Å². The van der Waals surface area contributed by atoms with Gasteiger partial charge in [-0.3, -0.25) is 4.79 Å². The molecule has 0 radical (unpaired) electrons. The number of nitrogens with one attached hydrogen (secondary N) is 1. The van der Waals surface area contributed by atoms with E-state index in [-0.39, 0.29) is 12.0 Å². The van der Waals surface area contributed by atoms with E-state index in [0.29, 0.717) is 12.0 Å². The molecule has 3 aliphatic heterocycles. The largest absolute Gasteiger partial charge is 0.393 e. The number of carbonyl (C=O) groups is 1. The zero-order chi connectivity index (χ0) is 17.9. The highest BCUT2D eigenvalue weighted by Crippen LogP contribution is 2.24. The number of piperidine rings is 2. The Kier molecular flexibility index (Phi) is 5.57. The van der Waals surface area contributed by atoms with Crippen molar-refractivity contribution in [3.05, 3.63) is 35.4 Å². The summed E-state index contributed by atoms with van der Waals surface area (Å²) in [4.78, 5) is 17.4. The average molecular weight is 357 g/mol. The number of amides is 1. The maximum Gasteiger partial charge on any atom is 0.253 e. The van der Waals surface area contributed by atoms with Crippen molar-refractivity contribution >= 4 is 5.91 Å². The Balaban J connectivity index is 1.30. The van der Waals surface area contributed by atoms with Crippen LogP contribution in [-0.2, 0) is 0 Å². The van der Waals surface area contributed by atoms with E-state index < -0.39 is 0 Å². The predicted octanol–water partition coefficient (Wildman–Crippen LogP) is 1.82. The Hall–Kier alpha value is -1.43. The molecule has 3 fully saturated rings. The molecule has 0 aromatic heterocycles. The first kappa shape index (κ1) is 18.0. The van der Waals surface area contributed by atoms with Gasteiger partial charge in [0.2, 0.25) is 0 Å². The molecule has 3 saturated heterocycles. The lowest BCUT2D eigenvalue weighted by Crippen LogP contribution is -2.49. The lowest BCUT2D eigenvalue weighted by molar-refractivity contribution is 0.0357. The van der Waals surface area contributed by atoms with E-state index in [2.05, 4.69) is 22.3 Å². The zero-order valence-electron chi connectivity index (χ0n) is 15.6. The van der Waals surface area contributed by atoms with Crippen molar-refractivity contribution in [1.29, 1.82) is 0 Å². The molecule has 5 nitrogen and oxygen atoms in total. The first-order valence-electron chi connectivity index (χ1n) is 10.2. The van der Waals surface area contributed by atoms with Crippen LogP contribution >= 0.6 is 0 Å². The van der Waals surface area contributed by atoms with Crippen LogP contribution in [0.25, 0.3) is 0 Å². The minimum atomic E-state index is -0.115. The Labute approximate surface area is 156 Å². The fraction of sp³-hybridized carbons (Fsp3) is 0.667. The van der Waals surface area contributed by atoms with E-state index in [1.165, 1.54) is 12.0 Å². The highest BCUT2D eigenvalue weighted by atomic mass is 16.3. The van der Waals surface area contributed by atoms with Gasteiger partial charge >= 0.3 is 0 Å². The van der Waals surface area contributed by atoms with Crippen molar-refractivity contribution in [3.8, 4) is 0 Å². The monoisotopic (exact) mass is 357 g/mol. The predicted molar refractivity (Wildman–Crippen MR) is 102 cm³/mol. The molecule has 1 atom stereocenters. The Bertz CT molecular complexity index is 596. The van der Waals surface area contributed by atoms with E-state index >= 15 is 0 Å². The summed E-state index contributed by atoms with van der Waals surface area (Å²) in [6, 6.07) is 8.86. The minimum absolute atomic E-state index is 0.115. The normalized spacial score (nSPS) is 26.3. The number of aliphatic hydroxyl groups is 1. The maximum absolute atomic E-state index is 12.8. The van der Waals surface area contributed by atoms with Gasteiger partial charge in [-0.1, -0.05) is 12.1 Å². The summed E-state index contributed by atoms with van der Waals surface area (Å²) in [5.41, 5.74) is 2.16. The standard InChI is InChI=1S/C21H31N3O2/c25-20-8-13-23(14-9-20)19-6-11-24(12-7-19)21(26)17-3-1-16(2-4-17)18-5-10-22-15-18/h1-4,18-20,22,25H,5-15H2/t18-/m0/s1. The van der Waals surface area contributed by atoms with Crippen LogP contribution in [0.15, 0.2) is 24.3 Å². The second-order valence-corrected chi connectivity index (χ2v) is 8.10. The zero-order valence-corrected chi connectivity index (χ0v) is 15.6.